The van der Waals surface area contributed by atoms with Crippen molar-refractivity contribution >= 4 is 5.97 Å². The lowest BCUT2D eigenvalue weighted by atomic mass is 10.0. The number of nitrogens with two attached hydrogens (primary N) is 1. The SMILES string of the molecule is CCOC(=O)CC(N)C1O[C@@H]2OC(C)(C)O[C@@H]2[C@H]1OC. The van der Waals surface area contributed by atoms with Crippen molar-refractivity contribution in [2.75, 3.05) is 13.7 Å². The lowest BCUT2D eigenvalue weighted by Gasteiger charge is -2.27. The molecule has 2 rings (SSSR count). The van der Waals surface area contributed by atoms with E-state index in [1.54, 1.807) is 14.0 Å². The van der Waals surface area contributed by atoms with E-state index in [9.17, 15) is 4.79 Å². The van der Waals surface area contributed by atoms with Gasteiger partial charge >= 0.3 is 5.97 Å². The number of hydrogen-bond acceptors (Lipinski definition) is 7. The van der Waals surface area contributed by atoms with Crippen LogP contribution in [0.15, 0.2) is 0 Å². The van der Waals surface area contributed by atoms with Crippen LogP contribution in [0.4, 0.5) is 0 Å². The van der Waals surface area contributed by atoms with E-state index in [2.05, 4.69) is 0 Å². The zero-order chi connectivity index (χ0) is 14.9. The molecule has 2 aliphatic rings. The van der Waals surface area contributed by atoms with Crippen molar-refractivity contribution in [3.63, 3.8) is 0 Å². The molecule has 7 nitrogen and oxygen atoms in total. The Hall–Kier alpha value is -0.730. The smallest absolute Gasteiger partial charge is 0.307 e. The molecule has 2 N–H and O–H groups in total. The van der Waals surface area contributed by atoms with Gasteiger partial charge in [-0.25, -0.2) is 0 Å². The molecule has 0 saturated carbocycles. The van der Waals surface area contributed by atoms with Gasteiger partial charge in [-0.15, -0.1) is 0 Å². The number of fused-ring (bicyclic) bond motifs is 1. The van der Waals surface area contributed by atoms with Crippen molar-refractivity contribution in [2.45, 2.75) is 63.6 Å². The van der Waals surface area contributed by atoms with E-state index in [4.69, 9.17) is 29.4 Å². The molecule has 0 aromatic carbocycles. The molecule has 7 heteroatoms. The largest absolute Gasteiger partial charge is 0.466 e. The number of methoxy groups -OCH3 is 1. The van der Waals surface area contributed by atoms with Gasteiger partial charge in [0.25, 0.3) is 0 Å². The van der Waals surface area contributed by atoms with Gasteiger partial charge in [-0.1, -0.05) is 0 Å². The van der Waals surface area contributed by atoms with Crippen molar-refractivity contribution in [1.82, 2.24) is 0 Å². The fourth-order valence-electron chi connectivity index (χ4n) is 2.65. The molecule has 2 heterocycles. The van der Waals surface area contributed by atoms with Crippen LogP contribution in [0.5, 0.6) is 0 Å². The third kappa shape index (κ3) is 3.12. The standard InChI is InChI=1S/C13H23NO6/c1-5-17-8(15)6-7(14)9-10(16-4)11-12(18-9)20-13(2,3)19-11/h7,9-12H,5-6,14H2,1-4H3/t7?,9?,10-,11+,12+/m0/s1. The average molecular weight is 289 g/mol. The van der Waals surface area contributed by atoms with Gasteiger partial charge in [0.2, 0.25) is 0 Å². The number of carbonyl (C=O) groups excluding carboxylic acids is 1. The summed E-state index contributed by atoms with van der Waals surface area (Å²) in [6.07, 6.45) is -1.62. The molecule has 0 spiro atoms. The van der Waals surface area contributed by atoms with Gasteiger partial charge in [0.05, 0.1) is 13.0 Å². The molecule has 0 radical (unpaired) electrons. The van der Waals surface area contributed by atoms with Crippen LogP contribution < -0.4 is 5.73 Å². The van der Waals surface area contributed by atoms with Gasteiger partial charge in [0.15, 0.2) is 12.1 Å². The van der Waals surface area contributed by atoms with Crippen LogP contribution in [0.3, 0.4) is 0 Å². The number of rotatable bonds is 5. The molecule has 2 saturated heterocycles. The lowest BCUT2D eigenvalue weighted by molar-refractivity contribution is -0.219. The highest BCUT2D eigenvalue weighted by atomic mass is 16.8. The van der Waals surface area contributed by atoms with Crippen LogP contribution in [0.25, 0.3) is 0 Å². The van der Waals surface area contributed by atoms with Crippen molar-refractivity contribution in [3.8, 4) is 0 Å². The molecule has 20 heavy (non-hydrogen) atoms. The second-order valence-corrected chi connectivity index (χ2v) is 5.44. The van der Waals surface area contributed by atoms with E-state index in [1.165, 1.54) is 0 Å². The molecule has 2 fully saturated rings. The highest BCUT2D eigenvalue weighted by molar-refractivity contribution is 5.70. The Kier molecular flexibility index (Phi) is 4.66. The van der Waals surface area contributed by atoms with Crippen molar-refractivity contribution < 1.29 is 28.5 Å². The van der Waals surface area contributed by atoms with Crippen LogP contribution in [0.1, 0.15) is 27.2 Å². The minimum Gasteiger partial charge on any atom is -0.466 e. The monoisotopic (exact) mass is 289 g/mol. The molecule has 0 aliphatic carbocycles. The molecule has 0 aromatic heterocycles. The minimum atomic E-state index is -0.706. The number of ether oxygens (including phenoxy) is 5. The second-order valence-electron chi connectivity index (χ2n) is 5.44. The third-order valence-corrected chi connectivity index (χ3v) is 3.43. The predicted octanol–water partition coefficient (Wildman–Crippen LogP) is 0.158. The van der Waals surface area contributed by atoms with Crippen LogP contribution in [0.2, 0.25) is 0 Å². The Morgan fingerprint density at radius 2 is 2.10 bits per heavy atom. The first-order valence-electron chi connectivity index (χ1n) is 6.83. The average Bonchev–Trinajstić information content (AvgIpc) is 2.80. The number of esters is 1. The molecule has 0 aromatic rings. The van der Waals surface area contributed by atoms with E-state index >= 15 is 0 Å². The Labute approximate surface area is 118 Å². The van der Waals surface area contributed by atoms with E-state index in [1.807, 2.05) is 13.8 Å². The number of carbonyl (C=O) groups is 1. The normalized spacial score (nSPS) is 36.6. The topological polar surface area (TPSA) is 89.2 Å². The summed E-state index contributed by atoms with van der Waals surface area (Å²) < 4.78 is 27.5. The summed E-state index contributed by atoms with van der Waals surface area (Å²) >= 11 is 0. The fourth-order valence-corrected chi connectivity index (χ4v) is 2.65. The van der Waals surface area contributed by atoms with Crippen LogP contribution in [-0.2, 0) is 28.5 Å². The fraction of sp³-hybridized carbons (Fsp3) is 0.923. The van der Waals surface area contributed by atoms with E-state index in [-0.39, 0.29) is 24.6 Å². The highest BCUT2D eigenvalue weighted by Gasteiger charge is 2.56. The summed E-state index contributed by atoms with van der Waals surface area (Å²) in [4.78, 5) is 11.5. The molecule has 2 aliphatic heterocycles. The molecule has 0 bridgehead atoms. The predicted molar refractivity (Wildman–Crippen MR) is 68.7 cm³/mol. The minimum absolute atomic E-state index is 0.0706. The van der Waals surface area contributed by atoms with Gasteiger partial charge in [0.1, 0.15) is 18.3 Å². The van der Waals surface area contributed by atoms with Gasteiger partial charge in [-0.2, -0.15) is 0 Å². The third-order valence-electron chi connectivity index (χ3n) is 3.43. The molecule has 5 atom stereocenters. The maximum Gasteiger partial charge on any atom is 0.307 e. The van der Waals surface area contributed by atoms with E-state index in [0.29, 0.717) is 6.61 Å². The maximum absolute atomic E-state index is 11.5. The van der Waals surface area contributed by atoms with Crippen LogP contribution in [-0.4, -0.2) is 56.1 Å². The Bertz CT molecular complexity index is 361. The van der Waals surface area contributed by atoms with Crippen molar-refractivity contribution in [2.24, 2.45) is 5.73 Å². The Balaban J connectivity index is 1.98. The summed E-state index contributed by atoms with van der Waals surface area (Å²) in [6, 6.07) is -0.528. The summed E-state index contributed by atoms with van der Waals surface area (Å²) in [5.74, 6) is -1.06. The molecular weight excluding hydrogens is 266 g/mol. The molecule has 0 amide bonds. The molecule has 116 valence electrons. The highest BCUT2D eigenvalue weighted by Crippen LogP contribution is 2.39. The quantitative estimate of drug-likeness (QED) is 0.721. The van der Waals surface area contributed by atoms with Gasteiger partial charge in [0, 0.05) is 13.2 Å². The summed E-state index contributed by atoms with van der Waals surface area (Å²) in [6.45, 7) is 5.71. The van der Waals surface area contributed by atoms with Gasteiger partial charge in [-0.3, -0.25) is 4.79 Å². The van der Waals surface area contributed by atoms with E-state index in [0.717, 1.165) is 0 Å². The van der Waals surface area contributed by atoms with Crippen molar-refractivity contribution in [3.05, 3.63) is 0 Å². The number of hydrogen-bond donors (Lipinski definition) is 1. The van der Waals surface area contributed by atoms with Crippen LogP contribution >= 0.6 is 0 Å². The molecular formula is C13H23NO6. The zero-order valence-corrected chi connectivity index (χ0v) is 12.3. The van der Waals surface area contributed by atoms with Gasteiger partial charge in [-0.05, 0) is 20.8 Å². The first-order chi connectivity index (χ1) is 9.38. The van der Waals surface area contributed by atoms with Crippen molar-refractivity contribution in [1.29, 1.82) is 0 Å². The maximum atomic E-state index is 11.5. The summed E-state index contributed by atoms with van der Waals surface area (Å²) in [7, 11) is 1.56. The van der Waals surface area contributed by atoms with Gasteiger partial charge < -0.3 is 29.4 Å². The second kappa shape index (κ2) is 5.95. The summed E-state index contributed by atoms with van der Waals surface area (Å²) in [5.41, 5.74) is 6.03. The first kappa shape index (κ1) is 15.7. The Morgan fingerprint density at radius 1 is 1.40 bits per heavy atom. The van der Waals surface area contributed by atoms with E-state index < -0.39 is 24.2 Å². The summed E-state index contributed by atoms with van der Waals surface area (Å²) in [5, 5.41) is 0. The Morgan fingerprint density at radius 3 is 2.70 bits per heavy atom. The molecule has 2 unspecified atom stereocenters. The van der Waals surface area contributed by atoms with Crippen LogP contribution in [0, 0.1) is 0 Å². The zero-order valence-electron chi connectivity index (χ0n) is 12.3. The lowest BCUT2D eigenvalue weighted by Crippen LogP contribution is -2.47. The first-order valence-corrected chi connectivity index (χ1v) is 6.83.